The smallest absolute Gasteiger partial charge is 0.175 e. The van der Waals surface area contributed by atoms with E-state index in [1.807, 2.05) is 0 Å². The van der Waals surface area contributed by atoms with Crippen LogP contribution in [0.3, 0.4) is 0 Å². The van der Waals surface area contributed by atoms with Crippen LogP contribution in [0.5, 0.6) is 0 Å². The van der Waals surface area contributed by atoms with Crippen LogP contribution < -0.4 is 5.32 Å². The van der Waals surface area contributed by atoms with Crippen molar-refractivity contribution in [1.82, 2.24) is 0 Å². The maximum absolute atomic E-state index is 13.2. The lowest BCUT2D eigenvalue weighted by molar-refractivity contribution is 0.602. The van der Waals surface area contributed by atoms with Gasteiger partial charge >= 0.3 is 0 Å². The minimum atomic E-state index is -3.29. The van der Waals surface area contributed by atoms with E-state index in [1.165, 1.54) is 24.3 Å². The van der Waals surface area contributed by atoms with Gasteiger partial charge in [0.05, 0.1) is 20.1 Å². The van der Waals surface area contributed by atoms with Crippen molar-refractivity contribution in [3.05, 3.63) is 57.3 Å². The topological polar surface area (TPSA) is 46.2 Å². The molecule has 2 aromatic rings. The van der Waals surface area contributed by atoms with E-state index in [-0.39, 0.29) is 10.7 Å². The average molecular weight is 393 g/mol. The molecule has 0 saturated carbocycles. The van der Waals surface area contributed by atoms with Gasteiger partial charge in [0.2, 0.25) is 0 Å². The van der Waals surface area contributed by atoms with Gasteiger partial charge in [-0.1, -0.05) is 17.7 Å². The monoisotopic (exact) mass is 391 g/mol. The summed E-state index contributed by atoms with van der Waals surface area (Å²) in [5.74, 6) is -0.337. The second-order valence-electron chi connectivity index (χ2n) is 4.52. The van der Waals surface area contributed by atoms with Crippen molar-refractivity contribution in [2.45, 2.75) is 11.4 Å². The van der Waals surface area contributed by atoms with Crippen molar-refractivity contribution in [1.29, 1.82) is 0 Å². The molecule has 0 fully saturated rings. The van der Waals surface area contributed by atoms with E-state index in [4.69, 9.17) is 11.6 Å². The number of anilines is 1. The zero-order valence-electron chi connectivity index (χ0n) is 11.0. The molecule has 2 rings (SSSR count). The molecule has 0 saturated heterocycles. The van der Waals surface area contributed by atoms with Crippen molar-refractivity contribution >= 4 is 43.1 Å². The van der Waals surface area contributed by atoms with Crippen LogP contribution >= 0.6 is 27.5 Å². The Hall–Kier alpha value is -1.11. The maximum Gasteiger partial charge on any atom is 0.175 e. The Morgan fingerprint density at radius 3 is 2.57 bits per heavy atom. The Morgan fingerprint density at radius 1 is 1.24 bits per heavy atom. The van der Waals surface area contributed by atoms with Crippen molar-refractivity contribution in [2.75, 3.05) is 11.6 Å². The number of hydrogen-bond acceptors (Lipinski definition) is 3. The highest BCUT2D eigenvalue weighted by Crippen LogP contribution is 2.26. The van der Waals surface area contributed by atoms with Gasteiger partial charge in [0.1, 0.15) is 5.82 Å². The summed E-state index contributed by atoms with van der Waals surface area (Å²) >= 11 is 9.16. The summed E-state index contributed by atoms with van der Waals surface area (Å²) in [6.07, 6.45) is 1.14. The quantitative estimate of drug-likeness (QED) is 0.846. The summed E-state index contributed by atoms with van der Waals surface area (Å²) in [7, 11) is -3.29. The molecule has 21 heavy (non-hydrogen) atoms. The number of nitrogens with one attached hydrogen (secondary N) is 1. The first-order valence-electron chi connectivity index (χ1n) is 5.95. The molecule has 112 valence electrons. The fourth-order valence-corrected chi connectivity index (χ4v) is 2.98. The largest absolute Gasteiger partial charge is 0.380 e. The first-order chi connectivity index (χ1) is 9.77. The molecule has 0 aromatic heterocycles. The van der Waals surface area contributed by atoms with Crippen LogP contribution in [0.25, 0.3) is 0 Å². The van der Waals surface area contributed by atoms with E-state index in [2.05, 4.69) is 21.2 Å². The Labute approximate surface area is 136 Å². The average Bonchev–Trinajstić information content (AvgIpc) is 2.40. The zero-order valence-corrected chi connectivity index (χ0v) is 14.2. The van der Waals surface area contributed by atoms with E-state index >= 15 is 0 Å². The van der Waals surface area contributed by atoms with Crippen LogP contribution in [0.4, 0.5) is 10.1 Å². The van der Waals surface area contributed by atoms with Crippen molar-refractivity contribution < 1.29 is 12.8 Å². The van der Waals surface area contributed by atoms with Crippen LogP contribution in [0.1, 0.15) is 5.56 Å². The molecular formula is C14H12BrClFNO2S. The van der Waals surface area contributed by atoms with Crippen molar-refractivity contribution in [3.8, 4) is 0 Å². The SMILES string of the molecule is CS(=O)(=O)c1ccc(Cl)c(NCc2ccc(F)c(Br)c2)c1. The van der Waals surface area contributed by atoms with Gasteiger partial charge in [-0.05, 0) is 51.8 Å². The molecule has 0 bridgehead atoms. The molecule has 0 atom stereocenters. The predicted octanol–water partition coefficient (Wildman–Crippen LogP) is 4.26. The van der Waals surface area contributed by atoms with Gasteiger partial charge in [0, 0.05) is 12.8 Å². The van der Waals surface area contributed by atoms with E-state index in [0.717, 1.165) is 11.8 Å². The number of hydrogen-bond donors (Lipinski definition) is 1. The Morgan fingerprint density at radius 2 is 1.95 bits per heavy atom. The first kappa shape index (κ1) is 16.3. The van der Waals surface area contributed by atoms with Gasteiger partial charge in [0.15, 0.2) is 9.84 Å². The number of halogens is 3. The molecule has 0 amide bonds. The standard InChI is InChI=1S/C14H12BrClFNO2S/c1-21(19,20)10-3-4-12(16)14(7-10)18-8-9-2-5-13(17)11(15)6-9/h2-7,18H,8H2,1H3. The van der Waals surface area contributed by atoms with Crippen molar-refractivity contribution in [2.24, 2.45) is 0 Å². The fraction of sp³-hybridized carbons (Fsp3) is 0.143. The predicted molar refractivity (Wildman–Crippen MR) is 86.0 cm³/mol. The van der Waals surface area contributed by atoms with E-state index in [9.17, 15) is 12.8 Å². The second-order valence-corrected chi connectivity index (χ2v) is 7.79. The summed E-state index contributed by atoms with van der Waals surface area (Å²) in [5.41, 5.74) is 1.35. The normalized spacial score (nSPS) is 11.4. The molecule has 3 nitrogen and oxygen atoms in total. The number of rotatable bonds is 4. The van der Waals surface area contributed by atoms with Gasteiger partial charge in [-0.15, -0.1) is 0 Å². The lowest BCUT2D eigenvalue weighted by atomic mass is 10.2. The number of sulfone groups is 1. The second kappa shape index (κ2) is 6.34. The van der Waals surface area contributed by atoms with Crippen LogP contribution in [-0.4, -0.2) is 14.7 Å². The highest BCUT2D eigenvalue weighted by molar-refractivity contribution is 9.10. The summed E-state index contributed by atoms with van der Waals surface area (Å²) in [5, 5.41) is 3.47. The summed E-state index contributed by atoms with van der Waals surface area (Å²) < 4.78 is 36.6. The fourth-order valence-electron chi connectivity index (χ4n) is 1.72. The molecule has 1 N–H and O–H groups in total. The van der Waals surface area contributed by atoms with Gasteiger partial charge in [-0.25, -0.2) is 12.8 Å². The molecule has 2 aromatic carbocycles. The third-order valence-corrected chi connectivity index (χ3v) is 4.88. The molecule has 0 radical (unpaired) electrons. The molecule has 0 aliphatic rings. The Balaban J connectivity index is 2.21. The third kappa shape index (κ3) is 4.18. The van der Waals surface area contributed by atoms with Gasteiger partial charge in [-0.3, -0.25) is 0 Å². The third-order valence-electron chi connectivity index (χ3n) is 2.83. The Bertz CT molecular complexity index is 781. The molecule has 0 spiro atoms. The van der Waals surface area contributed by atoms with Crippen LogP contribution in [0, 0.1) is 5.82 Å². The van der Waals surface area contributed by atoms with Gasteiger partial charge in [-0.2, -0.15) is 0 Å². The molecule has 7 heteroatoms. The minimum Gasteiger partial charge on any atom is -0.380 e. The highest BCUT2D eigenvalue weighted by Gasteiger charge is 2.10. The van der Waals surface area contributed by atoms with Gasteiger partial charge in [0.25, 0.3) is 0 Å². The van der Waals surface area contributed by atoms with Gasteiger partial charge < -0.3 is 5.32 Å². The lowest BCUT2D eigenvalue weighted by Crippen LogP contribution is -2.03. The molecule has 0 unspecified atom stereocenters. The maximum atomic E-state index is 13.2. The van der Waals surface area contributed by atoms with E-state index in [1.54, 1.807) is 12.1 Å². The Kier molecular flexibility index (Phi) is 4.91. The summed E-state index contributed by atoms with van der Waals surface area (Å²) in [6.45, 7) is 0.395. The first-order valence-corrected chi connectivity index (χ1v) is 9.01. The zero-order chi connectivity index (χ0) is 15.6. The number of benzene rings is 2. The van der Waals surface area contributed by atoms with E-state index in [0.29, 0.717) is 21.7 Å². The summed E-state index contributed by atoms with van der Waals surface area (Å²) in [4.78, 5) is 0.190. The lowest BCUT2D eigenvalue weighted by Gasteiger charge is -2.10. The molecule has 0 aliphatic carbocycles. The van der Waals surface area contributed by atoms with Crippen LogP contribution in [0.15, 0.2) is 45.8 Å². The summed E-state index contributed by atoms with van der Waals surface area (Å²) in [6, 6.07) is 9.11. The molecule has 0 heterocycles. The van der Waals surface area contributed by atoms with Crippen LogP contribution in [-0.2, 0) is 16.4 Å². The van der Waals surface area contributed by atoms with E-state index < -0.39 is 9.84 Å². The van der Waals surface area contributed by atoms with Crippen molar-refractivity contribution in [3.63, 3.8) is 0 Å². The molecule has 0 aliphatic heterocycles. The molecular weight excluding hydrogens is 381 g/mol. The minimum absolute atomic E-state index is 0.190. The highest BCUT2D eigenvalue weighted by atomic mass is 79.9. The van der Waals surface area contributed by atoms with Crippen LogP contribution in [0.2, 0.25) is 5.02 Å².